The number of nitrogens with one attached hydrogen (secondary N) is 1. The topological polar surface area (TPSA) is 28.9 Å². The zero-order valence-electron chi connectivity index (χ0n) is 5.78. The molecule has 0 fully saturated rings. The smallest absolute Gasteiger partial charge is 0.152 e. The Morgan fingerprint density at radius 3 is 3.09 bits per heavy atom. The Hall–Kier alpha value is -1.22. The molecule has 1 heterocycles. The van der Waals surface area contributed by atoms with Gasteiger partial charge in [0.25, 0.3) is 0 Å². The van der Waals surface area contributed by atoms with Crippen molar-refractivity contribution in [2.45, 2.75) is 0 Å². The Morgan fingerprint density at radius 2 is 2.09 bits per heavy atom. The molecule has 0 aliphatic rings. The second kappa shape index (κ2) is 2.80. The van der Waals surface area contributed by atoms with Gasteiger partial charge in [0, 0.05) is 11.6 Å². The highest BCUT2D eigenvalue weighted by Gasteiger charge is 1.87. The second-order valence-electron chi connectivity index (χ2n) is 2.16. The van der Waals surface area contributed by atoms with Crippen LogP contribution in [0.1, 0.15) is 0 Å². The van der Waals surface area contributed by atoms with E-state index in [1.54, 1.807) is 0 Å². The monoisotopic (exact) mass is 165 g/mol. The molecule has 0 aliphatic heterocycles. The summed E-state index contributed by atoms with van der Waals surface area (Å²) in [5.74, 6) is 0. The van der Waals surface area contributed by atoms with E-state index >= 15 is 0 Å². The predicted octanol–water partition coefficient (Wildman–Crippen LogP) is 2.95. The zero-order valence-corrected chi connectivity index (χ0v) is 6.60. The number of benzene rings is 1. The summed E-state index contributed by atoms with van der Waals surface area (Å²) in [6.07, 6.45) is 1.86. The maximum absolute atomic E-state index is 5.29. The molecule has 0 unspecified atom stereocenters. The molecule has 3 heteroatoms. The summed E-state index contributed by atoms with van der Waals surface area (Å²) in [6, 6.07) is 9.88. The zero-order chi connectivity index (χ0) is 7.52. The molecule has 2 nitrogen and oxygen atoms in total. The number of aromatic amines is 1. The third-order valence-corrected chi connectivity index (χ3v) is 1.92. The van der Waals surface area contributed by atoms with E-state index in [9.17, 15) is 0 Å². The van der Waals surface area contributed by atoms with Crippen molar-refractivity contribution in [3.63, 3.8) is 0 Å². The molecule has 0 saturated heterocycles. The number of H-pyrrole nitrogens is 1. The third-order valence-electron chi connectivity index (χ3n) is 1.43. The van der Waals surface area contributed by atoms with Gasteiger partial charge in [-0.1, -0.05) is 18.2 Å². The summed E-state index contributed by atoms with van der Waals surface area (Å²) in [7, 11) is 0. The minimum atomic E-state index is 0.902. The van der Waals surface area contributed by atoms with Crippen LogP contribution in [-0.4, -0.2) is 4.37 Å². The summed E-state index contributed by atoms with van der Waals surface area (Å²) < 4.78 is 8.20. The second-order valence-corrected chi connectivity index (χ2v) is 2.72. The van der Waals surface area contributed by atoms with Gasteiger partial charge < -0.3 is 3.85 Å². The predicted molar refractivity (Wildman–Crippen MR) is 46.1 cm³/mol. The van der Waals surface area contributed by atoms with Crippen LogP contribution in [0.15, 0.2) is 40.4 Å². The van der Waals surface area contributed by atoms with Crippen molar-refractivity contribution < 1.29 is 3.85 Å². The van der Waals surface area contributed by atoms with Crippen LogP contribution in [0, 0.1) is 0 Å². The van der Waals surface area contributed by atoms with Gasteiger partial charge in [-0.3, -0.25) is 4.37 Å². The SMILES string of the molecule is c1ccc2os[nH]ccc2c1. The lowest BCUT2D eigenvalue weighted by Crippen LogP contribution is -1.61. The van der Waals surface area contributed by atoms with Gasteiger partial charge in [0.2, 0.25) is 0 Å². The minimum Gasteiger partial charge on any atom is -0.386 e. The lowest BCUT2D eigenvalue weighted by atomic mass is 10.2. The lowest BCUT2D eigenvalue weighted by molar-refractivity contribution is 0.742. The number of fused-ring (bicyclic) bond motifs is 1. The van der Waals surface area contributed by atoms with E-state index in [0.29, 0.717) is 0 Å². The van der Waals surface area contributed by atoms with Gasteiger partial charge in [-0.25, -0.2) is 0 Å². The summed E-state index contributed by atoms with van der Waals surface area (Å²) in [5, 5.41) is 1.10. The van der Waals surface area contributed by atoms with Gasteiger partial charge in [0.1, 0.15) is 11.8 Å². The summed E-state index contributed by atoms with van der Waals surface area (Å²) in [6.45, 7) is 0. The van der Waals surface area contributed by atoms with Crippen LogP contribution in [0.3, 0.4) is 0 Å². The third kappa shape index (κ3) is 1.28. The number of hydrogen-bond acceptors (Lipinski definition) is 2. The highest BCUT2D eigenvalue weighted by molar-refractivity contribution is 6.96. The highest BCUT2D eigenvalue weighted by Crippen LogP contribution is 2.11. The molecular formula is C8H7NOS. The fourth-order valence-electron chi connectivity index (χ4n) is 0.915. The molecule has 0 atom stereocenters. The number of hydrogen-bond donors (Lipinski definition) is 1. The van der Waals surface area contributed by atoms with E-state index in [4.69, 9.17) is 3.85 Å². The molecule has 11 heavy (non-hydrogen) atoms. The van der Waals surface area contributed by atoms with Crippen LogP contribution in [0.5, 0.6) is 0 Å². The molecule has 0 spiro atoms. The van der Waals surface area contributed by atoms with Crippen LogP contribution >= 0.6 is 11.8 Å². The van der Waals surface area contributed by atoms with Crippen LogP contribution in [0.25, 0.3) is 11.0 Å². The Labute approximate surface area is 68.2 Å². The molecule has 1 aromatic heterocycles. The molecule has 1 N–H and O–H groups in total. The number of rotatable bonds is 0. The summed E-state index contributed by atoms with van der Waals surface area (Å²) in [5.41, 5.74) is 0.902. The minimum absolute atomic E-state index is 0.902. The molecule has 56 valence electrons. The van der Waals surface area contributed by atoms with E-state index in [0.717, 1.165) is 11.0 Å². The lowest BCUT2D eigenvalue weighted by Gasteiger charge is -1.85. The Kier molecular flexibility index (Phi) is 1.65. The van der Waals surface area contributed by atoms with E-state index in [1.165, 1.54) is 11.8 Å². The molecule has 0 amide bonds. The van der Waals surface area contributed by atoms with E-state index < -0.39 is 0 Å². The average molecular weight is 165 g/mol. The van der Waals surface area contributed by atoms with Crippen molar-refractivity contribution in [1.29, 1.82) is 0 Å². The van der Waals surface area contributed by atoms with Gasteiger partial charge in [-0.15, -0.1) is 0 Å². The van der Waals surface area contributed by atoms with Crippen molar-refractivity contribution in [3.8, 4) is 0 Å². The van der Waals surface area contributed by atoms with E-state index in [2.05, 4.69) is 4.37 Å². The first-order valence-electron chi connectivity index (χ1n) is 3.31. The summed E-state index contributed by atoms with van der Waals surface area (Å²) in [4.78, 5) is 0. The van der Waals surface area contributed by atoms with Crippen LogP contribution in [-0.2, 0) is 0 Å². The average Bonchev–Trinajstić information content (AvgIpc) is 2.28. The van der Waals surface area contributed by atoms with Crippen molar-refractivity contribution in [3.05, 3.63) is 36.5 Å². The van der Waals surface area contributed by atoms with E-state index in [1.807, 2.05) is 36.5 Å². The molecule has 0 bridgehead atoms. The van der Waals surface area contributed by atoms with Gasteiger partial charge in [0.05, 0.1) is 0 Å². The molecule has 0 saturated carbocycles. The normalized spacial score (nSPS) is 9.82. The molecule has 1 aromatic carbocycles. The van der Waals surface area contributed by atoms with Gasteiger partial charge in [-0.05, 0) is 12.1 Å². The quantitative estimate of drug-likeness (QED) is 0.638. The summed E-state index contributed by atoms with van der Waals surface area (Å²) >= 11 is 1.22. The first-order valence-corrected chi connectivity index (χ1v) is 4.05. The van der Waals surface area contributed by atoms with Gasteiger partial charge in [-0.2, -0.15) is 0 Å². The molecule has 0 aliphatic carbocycles. The van der Waals surface area contributed by atoms with Crippen molar-refractivity contribution >= 4 is 22.8 Å². The molecule has 2 aromatic rings. The van der Waals surface area contributed by atoms with Gasteiger partial charge >= 0.3 is 0 Å². The maximum Gasteiger partial charge on any atom is 0.152 e. The highest BCUT2D eigenvalue weighted by atomic mass is 32.1. The maximum atomic E-state index is 5.29. The standard InChI is InChI=1S/C8H7NOS/c1-2-4-8-7(3-1)5-6-9-11-10-8/h1-6,9H. The molecule has 0 radical (unpaired) electrons. The van der Waals surface area contributed by atoms with Crippen LogP contribution in [0.2, 0.25) is 0 Å². The Balaban J connectivity index is 2.90. The number of para-hydroxylation sites is 1. The van der Waals surface area contributed by atoms with Crippen molar-refractivity contribution in [1.82, 2.24) is 4.37 Å². The van der Waals surface area contributed by atoms with Crippen molar-refractivity contribution in [2.75, 3.05) is 0 Å². The van der Waals surface area contributed by atoms with E-state index in [-0.39, 0.29) is 0 Å². The number of aromatic nitrogens is 1. The van der Waals surface area contributed by atoms with Crippen LogP contribution in [0.4, 0.5) is 0 Å². The molecular weight excluding hydrogens is 158 g/mol. The van der Waals surface area contributed by atoms with Crippen LogP contribution < -0.4 is 0 Å². The van der Waals surface area contributed by atoms with Gasteiger partial charge in [0.15, 0.2) is 5.58 Å². The Bertz CT molecular complexity index is 348. The fraction of sp³-hybridized carbons (Fsp3) is 0. The first kappa shape index (κ1) is 6.49. The largest absolute Gasteiger partial charge is 0.386 e. The molecule has 2 rings (SSSR count). The first-order chi connectivity index (χ1) is 5.47. The van der Waals surface area contributed by atoms with Crippen molar-refractivity contribution in [2.24, 2.45) is 0 Å². The fourth-order valence-corrected chi connectivity index (χ4v) is 1.33. The Morgan fingerprint density at radius 1 is 1.18 bits per heavy atom.